The minimum absolute atomic E-state index is 0.251. The van der Waals surface area contributed by atoms with E-state index >= 15 is 0 Å². The van der Waals surface area contributed by atoms with Gasteiger partial charge in [0.1, 0.15) is 0 Å². The topological polar surface area (TPSA) is 50.4 Å². The number of carbonyl (C=O) groups is 1. The largest absolute Gasteiger partial charge is 0.417 e. The maximum atomic E-state index is 13.0. The van der Waals surface area contributed by atoms with E-state index in [1.54, 1.807) is 0 Å². The number of carbonyl (C=O) groups excluding carboxylic acids is 1. The third-order valence-electron chi connectivity index (χ3n) is 3.31. The first-order valence-corrected chi connectivity index (χ1v) is 7.03. The van der Waals surface area contributed by atoms with Crippen LogP contribution in [0.4, 0.5) is 13.2 Å². The van der Waals surface area contributed by atoms with Crippen LogP contribution >= 0.6 is 15.9 Å². The van der Waals surface area contributed by atoms with E-state index in [1.807, 2.05) is 0 Å². The first-order chi connectivity index (χ1) is 9.82. The first kappa shape index (κ1) is 16.3. The highest BCUT2D eigenvalue weighted by atomic mass is 79.9. The van der Waals surface area contributed by atoms with Gasteiger partial charge in [-0.05, 0) is 18.2 Å². The van der Waals surface area contributed by atoms with Gasteiger partial charge in [0.25, 0.3) is 5.91 Å². The smallest absolute Gasteiger partial charge is 0.378 e. The van der Waals surface area contributed by atoms with Gasteiger partial charge >= 0.3 is 6.18 Å². The molecule has 0 radical (unpaired) electrons. The molecule has 0 spiro atoms. The summed E-state index contributed by atoms with van der Waals surface area (Å²) in [7, 11) is 1.50. The highest BCUT2D eigenvalue weighted by Gasteiger charge is 2.36. The summed E-state index contributed by atoms with van der Waals surface area (Å²) in [6.07, 6.45) is -4.84. The van der Waals surface area contributed by atoms with Gasteiger partial charge in [0.15, 0.2) is 0 Å². The number of halogens is 4. The molecule has 0 saturated carbocycles. The highest BCUT2D eigenvalue weighted by Crippen LogP contribution is 2.33. The monoisotopic (exact) mass is 366 g/mol. The summed E-state index contributed by atoms with van der Waals surface area (Å²) >= 11 is 2.99. The van der Waals surface area contributed by atoms with Crippen molar-refractivity contribution in [1.82, 2.24) is 10.6 Å². The van der Waals surface area contributed by atoms with Crippen LogP contribution in [0.3, 0.4) is 0 Å². The Labute approximate surface area is 128 Å². The molecule has 21 heavy (non-hydrogen) atoms. The predicted molar refractivity (Wildman–Crippen MR) is 74.1 cm³/mol. The summed E-state index contributed by atoms with van der Waals surface area (Å²) < 4.78 is 44.5. The van der Waals surface area contributed by atoms with Gasteiger partial charge in [0.05, 0.1) is 23.3 Å². The fraction of sp³-hybridized carbons (Fsp3) is 0.462. The zero-order valence-electron chi connectivity index (χ0n) is 11.1. The van der Waals surface area contributed by atoms with Crippen LogP contribution in [0.2, 0.25) is 0 Å². The highest BCUT2D eigenvalue weighted by molar-refractivity contribution is 9.10. The second-order valence-electron chi connectivity index (χ2n) is 4.70. The van der Waals surface area contributed by atoms with E-state index in [-0.39, 0.29) is 16.6 Å². The lowest BCUT2D eigenvalue weighted by molar-refractivity contribution is -0.138. The molecular weight excluding hydrogens is 353 g/mol. The van der Waals surface area contributed by atoms with Gasteiger partial charge in [-0.25, -0.2) is 0 Å². The SMILES string of the molecule is CO[C@H]1CNCC1NC(=O)c1ccc(Br)cc1C(F)(F)F. The van der Waals surface area contributed by atoms with Crippen LogP contribution in [0.15, 0.2) is 22.7 Å². The molecule has 1 heterocycles. The fourth-order valence-electron chi connectivity index (χ4n) is 2.24. The minimum atomic E-state index is -4.59. The van der Waals surface area contributed by atoms with Crippen molar-refractivity contribution in [2.24, 2.45) is 0 Å². The Bertz CT molecular complexity index is 537. The van der Waals surface area contributed by atoms with E-state index in [4.69, 9.17) is 4.74 Å². The van der Waals surface area contributed by atoms with Gasteiger partial charge in [-0.1, -0.05) is 15.9 Å². The average Bonchev–Trinajstić information content (AvgIpc) is 2.84. The van der Waals surface area contributed by atoms with Crippen molar-refractivity contribution in [3.63, 3.8) is 0 Å². The number of rotatable bonds is 3. The van der Waals surface area contributed by atoms with Crippen LogP contribution in [0, 0.1) is 0 Å². The first-order valence-electron chi connectivity index (χ1n) is 6.24. The van der Waals surface area contributed by atoms with E-state index in [9.17, 15) is 18.0 Å². The van der Waals surface area contributed by atoms with Gasteiger partial charge in [-0.3, -0.25) is 4.79 Å². The minimum Gasteiger partial charge on any atom is -0.378 e. The molecule has 0 aromatic heterocycles. The zero-order chi connectivity index (χ0) is 15.6. The van der Waals surface area contributed by atoms with Crippen molar-refractivity contribution in [2.75, 3.05) is 20.2 Å². The van der Waals surface area contributed by atoms with E-state index < -0.39 is 23.2 Å². The van der Waals surface area contributed by atoms with Crippen LogP contribution < -0.4 is 10.6 Å². The molecule has 8 heteroatoms. The maximum absolute atomic E-state index is 13.0. The summed E-state index contributed by atoms with van der Waals surface area (Å²) in [5, 5.41) is 5.60. The Morgan fingerprint density at radius 1 is 1.43 bits per heavy atom. The van der Waals surface area contributed by atoms with Gasteiger partial charge in [0.2, 0.25) is 0 Å². The van der Waals surface area contributed by atoms with E-state index in [0.717, 1.165) is 12.1 Å². The summed E-state index contributed by atoms with van der Waals surface area (Å²) in [5.41, 5.74) is -1.36. The number of amides is 1. The average molecular weight is 367 g/mol. The van der Waals surface area contributed by atoms with Gasteiger partial charge in [-0.15, -0.1) is 0 Å². The Kier molecular flexibility index (Phi) is 4.90. The molecule has 116 valence electrons. The van der Waals surface area contributed by atoms with Gasteiger partial charge < -0.3 is 15.4 Å². The van der Waals surface area contributed by atoms with Crippen LogP contribution in [0.1, 0.15) is 15.9 Å². The Morgan fingerprint density at radius 3 is 2.76 bits per heavy atom. The summed E-state index contributed by atoms with van der Waals surface area (Å²) in [5.74, 6) is -0.759. The van der Waals surface area contributed by atoms with Crippen molar-refractivity contribution >= 4 is 21.8 Å². The molecule has 1 saturated heterocycles. The molecule has 4 nitrogen and oxygen atoms in total. The van der Waals surface area contributed by atoms with Crippen LogP contribution in [0.25, 0.3) is 0 Å². The third-order valence-corrected chi connectivity index (χ3v) is 3.80. The molecule has 1 aliphatic rings. The Morgan fingerprint density at radius 2 is 2.14 bits per heavy atom. The number of hydrogen-bond donors (Lipinski definition) is 2. The molecule has 1 aliphatic heterocycles. The van der Waals surface area contributed by atoms with Crippen molar-refractivity contribution < 1.29 is 22.7 Å². The molecule has 0 aliphatic carbocycles. The number of methoxy groups -OCH3 is 1. The summed E-state index contributed by atoms with van der Waals surface area (Å²) in [6, 6.07) is 3.11. The summed E-state index contributed by atoms with van der Waals surface area (Å²) in [6.45, 7) is 1.01. The van der Waals surface area contributed by atoms with E-state index in [0.29, 0.717) is 13.1 Å². The quantitative estimate of drug-likeness (QED) is 0.861. The number of ether oxygens (including phenoxy) is 1. The number of hydrogen-bond acceptors (Lipinski definition) is 3. The standard InChI is InChI=1S/C13H14BrF3N2O2/c1-21-11-6-18-5-10(11)19-12(20)8-3-2-7(14)4-9(8)13(15,16)17/h2-4,10-11,18H,5-6H2,1H3,(H,19,20)/t10?,11-/m0/s1. The molecule has 0 bridgehead atoms. The van der Waals surface area contributed by atoms with Crippen molar-refractivity contribution in [1.29, 1.82) is 0 Å². The Balaban J connectivity index is 2.23. The van der Waals surface area contributed by atoms with Crippen LogP contribution in [-0.4, -0.2) is 38.3 Å². The molecule has 1 unspecified atom stereocenters. The van der Waals surface area contributed by atoms with E-state index in [2.05, 4.69) is 26.6 Å². The molecule has 1 aromatic carbocycles. The third kappa shape index (κ3) is 3.75. The molecule has 2 rings (SSSR count). The fourth-order valence-corrected chi connectivity index (χ4v) is 2.60. The van der Waals surface area contributed by atoms with Crippen molar-refractivity contribution in [2.45, 2.75) is 18.3 Å². The van der Waals surface area contributed by atoms with Crippen LogP contribution in [-0.2, 0) is 10.9 Å². The second kappa shape index (κ2) is 6.33. The van der Waals surface area contributed by atoms with Gasteiger partial charge in [-0.2, -0.15) is 13.2 Å². The Hall–Kier alpha value is -1.12. The number of alkyl halides is 3. The number of nitrogens with one attached hydrogen (secondary N) is 2. The van der Waals surface area contributed by atoms with Crippen molar-refractivity contribution in [3.05, 3.63) is 33.8 Å². The van der Waals surface area contributed by atoms with Gasteiger partial charge in [0, 0.05) is 24.7 Å². The normalized spacial score (nSPS) is 22.3. The molecule has 2 atom stereocenters. The second-order valence-corrected chi connectivity index (χ2v) is 5.62. The molecule has 1 fully saturated rings. The molecule has 1 amide bonds. The molecule has 1 aromatic rings. The lowest BCUT2D eigenvalue weighted by atomic mass is 10.1. The lowest BCUT2D eigenvalue weighted by Gasteiger charge is -2.20. The molecular formula is C13H14BrF3N2O2. The maximum Gasteiger partial charge on any atom is 0.417 e. The molecule has 2 N–H and O–H groups in total. The van der Waals surface area contributed by atoms with E-state index in [1.165, 1.54) is 13.2 Å². The summed E-state index contributed by atoms with van der Waals surface area (Å²) in [4.78, 5) is 12.1. The zero-order valence-corrected chi connectivity index (χ0v) is 12.7. The van der Waals surface area contributed by atoms with Crippen molar-refractivity contribution in [3.8, 4) is 0 Å². The number of benzene rings is 1. The lowest BCUT2D eigenvalue weighted by Crippen LogP contribution is -2.44. The predicted octanol–water partition coefficient (Wildman–Crippen LogP) is 2.18. The van der Waals surface area contributed by atoms with Crippen LogP contribution in [0.5, 0.6) is 0 Å².